The first-order valence-corrected chi connectivity index (χ1v) is 12.0. The summed E-state index contributed by atoms with van der Waals surface area (Å²) in [5.74, 6) is 1.11. The first kappa shape index (κ1) is 23.1. The van der Waals surface area contributed by atoms with Gasteiger partial charge in [0.05, 0.1) is 24.5 Å². The van der Waals surface area contributed by atoms with Crippen LogP contribution >= 0.6 is 0 Å². The van der Waals surface area contributed by atoms with Crippen molar-refractivity contribution in [2.24, 2.45) is 0 Å². The fraction of sp³-hybridized carbons (Fsp3) is 0.321. The molecule has 1 aliphatic heterocycles. The number of rotatable bonds is 9. The van der Waals surface area contributed by atoms with Crippen LogP contribution in [0.2, 0.25) is 0 Å². The quantitative estimate of drug-likeness (QED) is 0.368. The minimum Gasteiger partial charge on any atom is -0.497 e. The van der Waals surface area contributed by atoms with E-state index < -0.39 is 5.97 Å². The number of aromatic nitrogens is 1. The number of hydrogen-bond donors (Lipinski definition) is 1. The van der Waals surface area contributed by atoms with Crippen LogP contribution in [0.25, 0.3) is 10.9 Å². The van der Waals surface area contributed by atoms with Gasteiger partial charge in [0, 0.05) is 24.5 Å². The van der Waals surface area contributed by atoms with Crippen molar-refractivity contribution >= 4 is 16.9 Å². The number of ether oxygens (including phenoxy) is 1. The molecule has 35 heavy (non-hydrogen) atoms. The molecule has 0 bridgehead atoms. The van der Waals surface area contributed by atoms with Crippen molar-refractivity contribution in [1.29, 1.82) is 0 Å². The molecule has 0 unspecified atom stereocenters. The first-order chi connectivity index (χ1) is 17.1. The summed E-state index contributed by atoms with van der Waals surface area (Å²) >= 11 is 0. The topological polar surface area (TPSA) is 77.1 Å². The lowest BCUT2D eigenvalue weighted by molar-refractivity contribution is 0.0694. The van der Waals surface area contributed by atoms with E-state index in [1.807, 2.05) is 29.0 Å². The van der Waals surface area contributed by atoms with Crippen LogP contribution < -0.4 is 9.57 Å². The molecule has 4 aromatic rings. The first-order valence-electron chi connectivity index (χ1n) is 12.0. The molecule has 7 nitrogen and oxygen atoms in total. The Labute approximate surface area is 204 Å². The Morgan fingerprint density at radius 2 is 1.94 bits per heavy atom. The molecule has 5 rings (SSSR count). The van der Waals surface area contributed by atoms with E-state index in [4.69, 9.17) is 14.0 Å². The molecule has 182 valence electrons. The van der Waals surface area contributed by atoms with Gasteiger partial charge < -0.3 is 19.1 Å². The highest BCUT2D eigenvalue weighted by Crippen LogP contribution is 2.35. The third-order valence-corrected chi connectivity index (χ3v) is 6.83. The molecule has 0 aliphatic carbocycles. The lowest BCUT2D eigenvalue weighted by atomic mass is 9.89. The van der Waals surface area contributed by atoms with E-state index in [1.165, 1.54) is 10.9 Å². The Balaban J connectivity index is 1.27. The van der Waals surface area contributed by atoms with Crippen molar-refractivity contribution < 1.29 is 23.9 Å². The highest BCUT2D eigenvalue weighted by Gasteiger charge is 2.25. The van der Waals surface area contributed by atoms with E-state index in [-0.39, 0.29) is 0 Å². The standard InChI is InChI=1S/C28H30N2O5/c1-33-23-8-9-24(28(31)32)21(17-23)18-29-13-10-20(11-14-29)26-19-30(27-7-3-2-6-25(26)27)35-16-12-22-5-4-15-34-22/h2-9,15,17,19-20H,10-14,16,18H2,1H3,(H,31,32). The van der Waals surface area contributed by atoms with Crippen molar-refractivity contribution in [3.05, 3.63) is 89.5 Å². The number of aromatic carboxylic acids is 1. The minimum absolute atomic E-state index is 0.336. The van der Waals surface area contributed by atoms with Crippen LogP contribution in [0.5, 0.6) is 5.75 Å². The maximum atomic E-state index is 11.7. The predicted octanol–water partition coefficient (Wildman–Crippen LogP) is 4.99. The third kappa shape index (κ3) is 5.05. The second-order valence-electron chi connectivity index (χ2n) is 8.97. The molecule has 1 saturated heterocycles. The lowest BCUT2D eigenvalue weighted by Gasteiger charge is -2.32. The molecular weight excluding hydrogens is 444 g/mol. The van der Waals surface area contributed by atoms with Gasteiger partial charge in [-0.25, -0.2) is 4.79 Å². The SMILES string of the molecule is COc1ccc(C(=O)O)c(CN2CCC(c3cn(OCCc4ccco4)c4ccccc34)CC2)c1. The lowest BCUT2D eigenvalue weighted by Crippen LogP contribution is -2.33. The number of carboxylic acid groups (broad SMARTS) is 1. The molecule has 0 spiro atoms. The fourth-order valence-electron chi connectivity index (χ4n) is 4.99. The highest BCUT2D eigenvalue weighted by atomic mass is 16.7. The third-order valence-electron chi connectivity index (χ3n) is 6.83. The van der Waals surface area contributed by atoms with Gasteiger partial charge in [0.25, 0.3) is 0 Å². The predicted molar refractivity (Wildman–Crippen MR) is 133 cm³/mol. The van der Waals surface area contributed by atoms with E-state index in [0.29, 0.717) is 30.4 Å². The van der Waals surface area contributed by atoms with Gasteiger partial charge in [-0.3, -0.25) is 4.90 Å². The van der Waals surface area contributed by atoms with Crippen molar-refractivity contribution in [2.75, 3.05) is 26.8 Å². The number of carbonyl (C=O) groups is 1. The zero-order valence-electron chi connectivity index (χ0n) is 19.9. The maximum Gasteiger partial charge on any atom is 0.336 e. The molecular formula is C28H30N2O5. The molecule has 3 heterocycles. The van der Waals surface area contributed by atoms with Crippen LogP contribution in [0, 0.1) is 0 Å². The van der Waals surface area contributed by atoms with Crippen molar-refractivity contribution in [2.45, 2.75) is 31.7 Å². The highest BCUT2D eigenvalue weighted by molar-refractivity contribution is 5.89. The zero-order valence-corrected chi connectivity index (χ0v) is 19.9. The van der Waals surface area contributed by atoms with Gasteiger partial charge in [-0.2, -0.15) is 4.73 Å². The van der Waals surface area contributed by atoms with Crippen LogP contribution in [-0.4, -0.2) is 47.5 Å². The minimum atomic E-state index is -0.905. The van der Waals surface area contributed by atoms with Gasteiger partial charge in [0.1, 0.15) is 18.1 Å². The van der Waals surface area contributed by atoms with E-state index in [0.717, 1.165) is 49.2 Å². The van der Waals surface area contributed by atoms with Crippen LogP contribution in [0.4, 0.5) is 0 Å². The van der Waals surface area contributed by atoms with Gasteiger partial charge in [0.15, 0.2) is 0 Å². The Kier molecular flexibility index (Phi) is 6.77. The summed E-state index contributed by atoms with van der Waals surface area (Å²) in [6.07, 6.45) is 6.55. The zero-order chi connectivity index (χ0) is 24.2. The maximum absolute atomic E-state index is 11.7. The fourth-order valence-corrected chi connectivity index (χ4v) is 4.99. The molecule has 1 fully saturated rings. The van der Waals surface area contributed by atoms with E-state index >= 15 is 0 Å². The number of likely N-dealkylation sites (tertiary alicyclic amines) is 1. The van der Waals surface area contributed by atoms with Crippen molar-refractivity contribution in [3.63, 3.8) is 0 Å². The Hall–Kier alpha value is -3.71. The number of piperidine rings is 1. The smallest absolute Gasteiger partial charge is 0.336 e. The number of hydrogen-bond acceptors (Lipinski definition) is 5. The Bertz CT molecular complexity index is 1290. The van der Waals surface area contributed by atoms with Gasteiger partial charge in [-0.15, -0.1) is 0 Å². The molecule has 0 atom stereocenters. The molecule has 1 N–H and O–H groups in total. The number of furan rings is 1. The molecule has 0 amide bonds. The average Bonchev–Trinajstić information content (AvgIpc) is 3.53. The van der Waals surface area contributed by atoms with Gasteiger partial charge in [-0.05, 0) is 79.4 Å². The molecule has 0 saturated carbocycles. The van der Waals surface area contributed by atoms with Gasteiger partial charge in [0.2, 0.25) is 0 Å². The number of nitrogens with zero attached hydrogens (tertiary/aromatic N) is 2. The van der Waals surface area contributed by atoms with Crippen molar-refractivity contribution in [3.8, 4) is 5.75 Å². The van der Waals surface area contributed by atoms with E-state index in [1.54, 1.807) is 25.5 Å². The molecule has 2 aromatic heterocycles. The van der Waals surface area contributed by atoms with Gasteiger partial charge >= 0.3 is 5.97 Å². The molecule has 0 radical (unpaired) electrons. The van der Waals surface area contributed by atoms with Crippen LogP contribution in [-0.2, 0) is 13.0 Å². The Morgan fingerprint density at radius 1 is 1.11 bits per heavy atom. The summed E-state index contributed by atoms with van der Waals surface area (Å²) in [5, 5.41) is 10.8. The summed E-state index contributed by atoms with van der Waals surface area (Å²) in [6, 6.07) is 17.4. The molecule has 2 aromatic carbocycles. The summed E-state index contributed by atoms with van der Waals surface area (Å²) < 4.78 is 12.6. The van der Waals surface area contributed by atoms with Crippen LogP contribution in [0.3, 0.4) is 0 Å². The average molecular weight is 475 g/mol. The number of benzene rings is 2. The molecule has 1 aliphatic rings. The number of methoxy groups -OCH3 is 1. The summed E-state index contributed by atoms with van der Waals surface area (Å²) in [4.78, 5) is 20.1. The Morgan fingerprint density at radius 3 is 2.69 bits per heavy atom. The summed E-state index contributed by atoms with van der Waals surface area (Å²) in [5.41, 5.74) is 3.51. The second-order valence-corrected chi connectivity index (χ2v) is 8.97. The monoisotopic (exact) mass is 474 g/mol. The normalized spacial score (nSPS) is 14.9. The largest absolute Gasteiger partial charge is 0.497 e. The molecule has 7 heteroatoms. The van der Waals surface area contributed by atoms with Crippen LogP contribution in [0.1, 0.15) is 46.0 Å². The van der Waals surface area contributed by atoms with Crippen LogP contribution in [0.15, 0.2) is 71.5 Å². The number of para-hydroxylation sites is 1. The summed E-state index contributed by atoms with van der Waals surface area (Å²) in [6.45, 7) is 2.94. The van der Waals surface area contributed by atoms with Gasteiger partial charge in [-0.1, -0.05) is 18.2 Å². The van der Waals surface area contributed by atoms with E-state index in [9.17, 15) is 9.90 Å². The summed E-state index contributed by atoms with van der Waals surface area (Å²) in [7, 11) is 1.60. The van der Waals surface area contributed by atoms with E-state index in [2.05, 4.69) is 29.3 Å². The number of carboxylic acids is 1. The second kappa shape index (κ2) is 10.3. The van der Waals surface area contributed by atoms with Crippen molar-refractivity contribution in [1.82, 2.24) is 9.63 Å². The number of fused-ring (bicyclic) bond motifs is 1.